The summed E-state index contributed by atoms with van der Waals surface area (Å²) in [5, 5.41) is 13.9. The molecule has 0 saturated heterocycles. The Bertz CT molecular complexity index is 389. The molecular formula is C14H26N2O5. The maximum Gasteiger partial charge on any atom is 0.408 e. The van der Waals surface area contributed by atoms with Crippen LogP contribution in [0, 0.1) is 5.92 Å². The first-order valence-electron chi connectivity index (χ1n) is 7.00. The fraction of sp³-hybridized carbons (Fsp3) is 0.786. The summed E-state index contributed by atoms with van der Waals surface area (Å²) in [4.78, 5) is 34.6. The number of carboxylic acid groups (broad SMARTS) is 1. The van der Waals surface area contributed by atoms with Gasteiger partial charge in [-0.2, -0.15) is 0 Å². The Kier molecular flexibility index (Phi) is 7.18. The van der Waals surface area contributed by atoms with Gasteiger partial charge in [0.1, 0.15) is 17.7 Å². The lowest BCUT2D eigenvalue weighted by Gasteiger charge is -2.24. The Morgan fingerprint density at radius 3 is 2.05 bits per heavy atom. The van der Waals surface area contributed by atoms with Crippen LogP contribution in [0.4, 0.5) is 4.79 Å². The predicted octanol–water partition coefficient (Wildman–Crippen LogP) is 1.52. The third-order valence-electron chi connectivity index (χ3n) is 2.90. The van der Waals surface area contributed by atoms with Gasteiger partial charge in [-0.3, -0.25) is 4.79 Å². The zero-order valence-corrected chi connectivity index (χ0v) is 13.5. The first kappa shape index (κ1) is 19.2. The molecule has 0 spiro atoms. The standard InChI is InChI=1S/C14H26N2O5/c1-7-8(2)10(12(18)19)16-11(17)9(3)15-13(20)21-14(4,5)6/h8-10H,7H2,1-6H3,(H,15,20)(H,16,17)(H,18,19)/t8-,9+,10?/m0/s1. The summed E-state index contributed by atoms with van der Waals surface area (Å²) in [6, 6.07) is -1.86. The number of rotatable bonds is 6. The van der Waals surface area contributed by atoms with Gasteiger partial charge in [-0.05, 0) is 33.6 Å². The van der Waals surface area contributed by atoms with Crippen molar-refractivity contribution in [2.45, 2.75) is 65.6 Å². The monoisotopic (exact) mass is 302 g/mol. The van der Waals surface area contributed by atoms with E-state index in [1.54, 1.807) is 27.7 Å². The predicted molar refractivity (Wildman–Crippen MR) is 77.9 cm³/mol. The zero-order valence-electron chi connectivity index (χ0n) is 13.5. The highest BCUT2D eigenvalue weighted by Gasteiger charge is 2.28. The van der Waals surface area contributed by atoms with Crippen molar-refractivity contribution in [2.24, 2.45) is 5.92 Å². The molecule has 7 heteroatoms. The summed E-state index contributed by atoms with van der Waals surface area (Å²) in [6.07, 6.45) is -0.106. The van der Waals surface area contributed by atoms with Crippen molar-refractivity contribution < 1.29 is 24.2 Å². The smallest absolute Gasteiger partial charge is 0.408 e. The molecule has 0 aliphatic carbocycles. The second-order valence-corrected chi connectivity index (χ2v) is 6.08. The quantitative estimate of drug-likeness (QED) is 0.690. The average Bonchev–Trinajstić information content (AvgIpc) is 2.31. The number of alkyl carbamates (subject to hydrolysis) is 1. The maximum atomic E-state index is 11.9. The molecule has 0 aromatic carbocycles. The van der Waals surface area contributed by atoms with E-state index in [0.717, 1.165) is 0 Å². The van der Waals surface area contributed by atoms with Gasteiger partial charge in [0.15, 0.2) is 0 Å². The average molecular weight is 302 g/mol. The Morgan fingerprint density at radius 2 is 1.67 bits per heavy atom. The highest BCUT2D eigenvalue weighted by atomic mass is 16.6. The van der Waals surface area contributed by atoms with Gasteiger partial charge < -0.3 is 20.5 Å². The van der Waals surface area contributed by atoms with E-state index < -0.39 is 35.7 Å². The van der Waals surface area contributed by atoms with Crippen LogP contribution in [-0.4, -0.2) is 40.8 Å². The van der Waals surface area contributed by atoms with Gasteiger partial charge in [0, 0.05) is 0 Å². The van der Waals surface area contributed by atoms with E-state index in [1.807, 2.05) is 6.92 Å². The van der Waals surface area contributed by atoms with Gasteiger partial charge in [-0.1, -0.05) is 20.3 Å². The molecule has 21 heavy (non-hydrogen) atoms. The van der Waals surface area contributed by atoms with Crippen molar-refractivity contribution in [3.8, 4) is 0 Å². The van der Waals surface area contributed by atoms with Crippen molar-refractivity contribution in [3.63, 3.8) is 0 Å². The fourth-order valence-electron chi connectivity index (χ4n) is 1.51. The highest BCUT2D eigenvalue weighted by Crippen LogP contribution is 2.09. The molecule has 1 unspecified atom stereocenters. The van der Waals surface area contributed by atoms with Crippen molar-refractivity contribution in [1.82, 2.24) is 10.6 Å². The van der Waals surface area contributed by atoms with E-state index in [2.05, 4.69) is 10.6 Å². The summed E-state index contributed by atoms with van der Waals surface area (Å²) in [7, 11) is 0. The third kappa shape index (κ3) is 7.53. The number of amides is 2. The van der Waals surface area contributed by atoms with Crippen LogP contribution in [0.25, 0.3) is 0 Å². The fourth-order valence-corrected chi connectivity index (χ4v) is 1.51. The number of nitrogens with one attached hydrogen (secondary N) is 2. The lowest BCUT2D eigenvalue weighted by atomic mass is 9.99. The molecule has 0 saturated carbocycles. The Balaban J connectivity index is 4.57. The van der Waals surface area contributed by atoms with Gasteiger partial charge in [-0.25, -0.2) is 9.59 Å². The van der Waals surface area contributed by atoms with Gasteiger partial charge >= 0.3 is 12.1 Å². The van der Waals surface area contributed by atoms with E-state index in [9.17, 15) is 14.4 Å². The van der Waals surface area contributed by atoms with Gasteiger partial charge in [0.2, 0.25) is 5.91 Å². The summed E-state index contributed by atoms with van der Waals surface area (Å²) >= 11 is 0. The van der Waals surface area contributed by atoms with Crippen molar-refractivity contribution in [1.29, 1.82) is 0 Å². The number of hydrogen-bond acceptors (Lipinski definition) is 4. The van der Waals surface area contributed by atoms with Crippen LogP contribution in [0.15, 0.2) is 0 Å². The number of aliphatic carboxylic acids is 1. The maximum absolute atomic E-state index is 11.9. The molecule has 0 fully saturated rings. The molecule has 7 nitrogen and oxygen atoms in total. The number of hydrogen-bond donors (Lipinski definition) is 3. The molecule has 0 bridgehead atoms. The highest BCUT2D eigenvalue weighted by molar-refractivity contribution is 5.89. The Hall–Kier alpha value is -1.79. The molecule has 122 valence electrons. The summed E-state index contributed by atoms with van der Waals surface area (Å²) in [5.74, 6) is -1.86. The van der Waals surface area contributed by atoms with Gasteiger partial charge in [0.25, 0.3) is 0 Å². The van der Waals surface area contributed by atoms with Crippen LogP contribution in [-0.2, 0) is 14.3 Å². The van der Waals surface area contributed by atoms with Crippen LogP contribution < -0.4 is 10.6 Å². The molecule has 0 aliphatic heterocycles. The molecule has 3 atom stereocenters. The molecule has 0 rings (SSSR count). The van der Waals surface area contributed by atoms with Crippen molar-refractivity contribution in [3.05, 3.63) is 0 Å². The SMILES string of the molecule is CC[C@H](C)C(NC(=O)[C@@H](C)NC(=O)OC(C)(C)C)C(=O)O. The van der Waals surface area contributed by atoms with Crippen LogP contribution >= 0.6 is 0 Å². The molecule has 0 aromatic rings. The number of ether oxygens (including phenoxy) is 1. The van der Waals surface area contributed by atoms with E-state index >= 15 is 0 Å². The van der Waals surface area contributed by atoms with Crippen LogP contribution in [0.2, 0.25) is 0 Å². The van der Waals surface area contributed by atoms with Crippen LogP contribution in [0.5, 0.6) is 0 Å². The molecule has 2 amide bonds. The first-order valence-corrected chi connectivity index (χ1v) is 7.00. The Labute approximate surface area is 125 Å². The number of carbonyl (C=O) groups excluding carboxylic acids is 2. The van der Waals surface area contributed by atoms with Crippen LogP contribution in [0.1, 0.15) is 48.0 Å². The minimum atomic E-state index is -1.10. The second kappa shape index (κ2) is 7.85. The molecule has 0 radical (unpaired) electrons. The third-order valence-corrected chi connectivity index (χ3v) is 2.90. The Morgan fingerprint density at radius 1 is 1.14 bits per heavy atom. The van der Waals surface area contributed by atoms with Crippen molar-refractivity contribution >= 4 is 18.0 Å². The second-order valence-electron chi connectivity index (χ2n) is 6.08. The van der Waals surface area contributed by atoms with E-state index in [0.29, 0.717) is 6.42 Å². The van der Waals surface area contributed by atoms with E-state index in [-0.39, 0.29) is 5.92 Å². The number of carboxylic acids is 1. The summed E-state index contributed by atoms with van der Waals surface area (Å²) in [6.45, 7) is 10.2. The van der Waals surface area contributed by atoms with E-state index in [1.165, 1.54) is 6.92 Å². The molecule has 3 N–H and O–H groups in total. The van der Waals surface area contributed by atoms with Gasteiger partial charge in [-0.15, -0.1) is 0 Å². The summed E-state index contributed by atoms with van der Waals surface area (Å²) in [5.41, 5.74) is -0.666. The minimum absolute atomic E-state index is 0.208. The zero-order chi connectivity index (χ0) is 16.8. The lowest BCUT2D eigenvalue weighted by molar-refractivity contribution is -0.143. The molecule has 0 aromatic heterocycles. The number of carbonyl (C=O) groups is 3. The first-order chi connectivity index (χ1) is 9.47. The largest absolute Gasteiger partial charge is 0.480 e. The van der Waals surface area contributed by atoms with Crippen molar-refractivity contribution in [2.75, 3.05) is 0 Å². The molecule has 0 heterocycles. The topological polar surface area (TPSA) is 105 Å². The molecule has 0 aliphatic rings. The lowest BCUT2D eigenvalue weighted by Crippen LogP contribution is -2.52. The van der Waals surface area contributed by atoms with Crippen LogP contribution in [0.3, 0.4) is 0 Å². The van der Waals surface area contributed by atoms with Gasteiger partial charge in [0.05, 0.1) is 0 Å². The van der Waals surface area contributed by atoms with E-state index in [4.69, 9.17) is 9.84 Å². The molecular weight excluding hydrogens is 276 g/mol. The normalized spacial score (nSPS) is 15.5. The summed E-state index contributed by atoms with van der Waals surface area (Å²) < 4.78 is 5.03. The minimum Gasteiger partial charge on any atom is -0.480 e.